The molecule has 1 aliphatic rings. The Morgan fingerprint density at radius 1 is 1.13 bits per heavy atom. The molecule has 0 aromatic carbocycles. The topological polar surface area (TPSA) is 170 Å². The van der Waals surface area contributed by atoms with Gasteiger partial charge in [0.25, 0.3) is 11.8 Å². The number of hydrogen-bond acceptors (Lipinski definition) is 8. The molecule has 0 aromatic rings. The molecule has 0 aliphatic heterocycles. The number of halogens is 3. The van der Waals surface area contributed by atoms with Crippen molar-refractivity contribution in [1.82, 2.24) is 26.2 Å². The van der Waals surface area contributed by atoms with Gasteiger partial charge in [-0.2, -0.15) is 8.78 Å². The van der Waals surface area contributed by atoms with E-state index in [1.807, 2.05) is 6.92 Å². The third-order valence-corrected chi connectivity index (χ3v) is 6.42. The van der Waals surface area contributed by atoms with Gasteiger partial charge < -0.3 is 30.7 Å². The van der Waals surface area contributed by atoms with E-state index in [2.05, 4.69) is 31.3 Å². The van der Waals surface area contributed by atoms with Crippen LogP contribution < -0.4 is 21.3 Å². The molecule has 2 atom stereocenters. The molecule has 0 heterocycles. The summed E-state index contributed by atoms with van der Waals surface area (Å²) in [4.78, 5) is 45.1. The van der Waals surface area contributed by atoms with Gasteiger partial charge in [-0.1, -0.05) is 6.92 Å². The van der Waals surface area contributed by atoms with Crippen LogP contribution in [0.4, 0.5) is 18.0 Å². The Kier molecular flexibility index (Phi) is 16.2. The summed E-state index contributed by atoms with van der Waals surface area (Å²) in [7, 11) is 3.71. The van der Waals surface area contributed by atoms with Gasteiger partial charge in [0.05, 0.1) is 31.7 Å². The molecule has 1 unspecified atom stereocenters. The van der Waals surface area contributed by atoms with Crippen LogP contribution in [0, 0.1) is 11.3 Å². The lowest BCUT2D eigenvalue weighted by molar-refractivity contribution is -0.151. The van der Waals surface area contributed by atoms with Crippen molar-refractivity contribution < 1.29 is 37.0 Å². The average Bonchev–Trinajstić information content (AvgIpc) is 3.38. The number of rotatable bonds is 13. The fourth-order valence-corrected chi connectivity index (χ4v) is 4.18. The quantitative estimate of drug-likeness (QED) is 0.0505. The van der Waals surface area contributed by atoms with Gasteiger partial charge in [0.2, 0.25) is 5.96 Å². The fraction of sp³-hybridized carbons (Fsp3) is 0.600. The summed E-state index contributed by atoms with van der Waals surface area (Å²) in [6.07, 6.45) is 5.87. The number of allylic oxidation sites excluding steroid dienone is 3. The number of nitrogens with zero attached hydrogens (tertiary/aromatic N) is 3. The monoisotopic (exact) mass is 656 g/mol. The lowest BCUT2D eigenvalue weighted by atomic mass is 10.1. The zero-order chi connectivity index (χ0) is 35.1. The second-order valence-corrected chi connectivity index (χ2v) is 11.7. The predicted octanol–water partition coefficient (Wildman–Crippen LogP) is 3.41. The van der Waals surface area contributed by atoms with Crippen molar-refractivity contribution in [2.45, 2.75) is 71.4 Å². The number of nitrogens with one attached hydrogen (secondary N) is 5. The van der Waals surface area contributed by atoms with E-state index in [9.17, 15) is 23.2 Å². The lowest BCUT2D eigenvalue weighted by Gasteiger charge is -2.24. The highest BCUT2D eigenvalue weighted by molar-refractivity contribution is 6.34. The molecule has 13 nitrogen and oxygen atoms in total. The molecular formula is C30H47F3N8O5. The third kappa shape index (κ3) is 14.7. The van der Waals surface area contributed by atoms with Crippen LogP contribution in [-0.2, 0) is 19.1 Å². The molecule has 0 radical (unpaired) electrons. The van der Waals surface area contributed by atoms with E-state index in [0.29, 0.717) is 10.8 Å². The maximum absolute atomic E-state index is 15.1. The Morgan fingerprint density at radius 2 is 1.78 bits per heavy atom. The Balaban J connectivity index is 2.83. The molecule has 5 N–H and O–H groups in total. The van der Waals surface area contributed by atoms with E-state index in [1.54, 1.807) is 20.8 Å². The number of carbonyl (C=O) groups excluding carboxylic acids is 3. The van der Waals surface area contributed by atoms with Crippen molar-refractivity contribution in [2.75, 3.05) is 40.8 Å². The summed E-state index contributed by atoms with van der Waals surface area (Å²) < 4.78 is 54.3. The van der Waals surface area contributed by atoms with Gasteiger partial charge in [-0.05, 0) is 65.0 Å². The molecular weight excluding hydrogens is 609 g/mol. The standard InChI is InChI=1S/C30H47F3N8O5/c1-19-9-10-21(15-19)39-18-30(32,33)26(43)41(7)24(35-6)17-38-27(34)40-20(2)16-23(31)22(11-14-45-8)25(42)36-12-13-37-28(44)46-29(3,4)5/h11,14,16-17,19,21,39H,9-10,12-13,15,18H2,1-8H3,(H2,34,40)(H,36,42)(H,37,44)/b14-11+,20-16+,23-22-,35-24-,38-17-/t19-,21?/m0/s1. The van der Waals surface area contributed by atoms with E-state index >= 15 is 4.39 Å². The molecule has 1 fully saturated rings. The van der Waals surface area contributed by atoms with Crippen LogP contribution in [0.1, 0.15) is 53.9 Å². The number of carbonyl (C=O) groups is 3. The number of hydrogen-bond donors (Lipinski definition) is 5. The molecule has 46 heavy (non-hydrogen) atoms. The normalized spacial score (nSPS) is 18.3. The summed E-state index contributed by atoms with van der Waals surface area (Å²) in [6.45, 7) is 7.73. The number of guanidine groups is 1. The van der Waals surface area contributed by atoms with Crippen molar-refractivity contribution in [3.05, 3.63) is 35.5 Å². The maximum atomic E-state index is 15.1. The zero-order valence-electron chi connectivity index (χ0n) is 27.7. The highest BCUT2D eigenvalue weighted by Crippen LogP contribution is 2.25. The fourth-order valence-electron chi connectivity index (χ4n) is 4.18. The molecule has 258 valence electrons. The van der Waals surface area contributed by atoms with Crippen LogP contribution in [0.5, 0.6) is 0 Å². The first-order valence-electron chi connectivity index (χ1n) is 14.7. The van der Waals surface area contributed by atoms with E-state index in [0.717, 1.165) is 50.9 Å². The number of ether oxygens (including phenoxy) is 2. The van der Waals surface area contributed by atoms with Gasteiger partial charge >= 0.3 is 12.0 Å². The summed E-state index contributed by atoms with van der Waals surface area (Å²) in [5.74, 6) is -7.31. The molecule has 0 aromatic heterocycles. The molecule has 1 aliphatic carbocycles. The number of alkyl carbamates (subject to hydrolysis) is 1. The highest BCUT2D eigenvalue weighted by Gasteiger charge is 2.42. The minimum Gasteiger partial charge on any atom is -0.504 e. The third-order valence-electron chi connectivity index (χ3n) is 6.42. The van der Waals surface area contributed by atoms with E-state index < -0.39 is 53.3 Å². The highest BCUT2D eigenvalue weighted by atomic mass is 19.3. The van der Waals surface area contributed by atoms with Crippen LogP contribution in [0.2, 0.25) is 0 Å². The minimum atomic E-state index is -3.70. The van der Waals surface area contributed by atoms with Crippen LogP contribution in [0.15, 0.2) is 45.5 Å². The first-order valence-corrected chi connectivity index (χ1v) is 14.7. The first kappa shape index (κ1) is 39.8. The largest absolute Gasteiger partial charge is 0.504 e. The van der Waals surface area contributed by atoms with Crippen molar-refractivity contribution in [2.24, 2.45) is 15.9 Å². The SMILES string of the molecule is C/N=C(/C=N\C(=N)N/C(C)=C/C(F)=C(\C=C\OC)C(=O)NCCNC(=O)OC(C)(C)C)N(C)C(=O)C(F)(F)CNC1CC[C@H](C)C1. The number of amidine groups is 1. The zero-order valence-corrected chi connectivity index (χ0v) is 27.7. The Morgan fingerprint density at radius 3 is 2.35 bits per heavy atom. The second kappa shape index (κ2) is 18.7. The smallest absolute Gasteiger partial charge is 0.407 e. The molecule has 0 saturated heterocycles. The van der Waals surface area contributed by atoms with Crippen molar-refractivity contribution in [3.63, 3.8) is 0 Å². The van der Waals surface area contributed by atoms with Gasteiger partial charge in [-0.15, -0.1) is 0 Å². The summed E-state index contributed by atoms with van der Waals surface area (Å²) in [6, 6.07) is -0.0723. The predicted molar refractivity (Wildman–Crippen MR) is 171 cm³/mol. The Labute approximate surface area is 268 Å². The molecule has 0 spiro atoms. The minimum absolute atomic E-state index is 0.0211. The van der Waals surface area contributed by atoms with Crippen molar-refractivity contribution >= 4 is 35.9 Å². The number of methoxy groups -OCH3 is 1. The molecule has 0 bridgehead atoms. The maximum Gasteiger partial charge on any atom is 0.407 e. The molecule has 16 heteroatoms. The van der Waals surface area contributed by atoms with Crippen molar-refractivity contribution in [3.8, 4) is 0 Å². The van der Waals surface area contributed by atoms with E-state index in [1.165, 1.54) is 21.1 Å². The average molecular weight is 657 g/mol. The Hall–Kier alpha value is -4.21. The van der Waals surface area contributed by atoms with Crippen LogP contribution in [0.3, 0.4) is 0 Å². The van der Waals surface area contributed by atoms with Gasteiger partial charge in [0.1, 0.15) is 17.3 Å². The number of aliphatic imine (C=N–C) groups is 2. The summed E-state index contributed by atoms with van der Waals surface area (Å²) in [5.41, 5.74) is -1.05. The van der Waals surface area contributed by atoms with Gasteiger partial charge in [0.15, 0.2) is 0 Å². The molecule has 1 saturated carbocycles. The van der Waals surface area contributed by atoms with Crippen molar-refractivity contribution in [1.29, 1.82) is 5.41 Å². The summed E-state index contributed by atoms with van der Waals surface area (Å²) >= 11 is 0. The molecule has 1 rings (SSSR count). The number of alkyl halides is 2. The second-order valence-electron chi connectivity index (χ2n) is 11.7. The number of amides is 3. The molecule has 3 amide bonds. The van der Waals surface area contributed by atoms with Crippen LogP contribution >= 0.6 is 0 Å². The lowest BCUT2D eigenvalue weighted by Crippen LogP contribution is -2.51. The van der Waals surface area contributed by atoms with E-state index in [-0.39, 0.29) is 30.7 Å². The van der Waals surface area contributed by atoms with Crippen LogP contribution in [0.25, 0.3) is 0 Å². The Bertz CT molecular complexity index is 1240. The first-order chi connectivity index (χ1) is 21.4. The van der Waals surface area contributed by atoms with Gasteiger partial charge in [-0.25, -0.2) is 14.2 Å². The summed E-state index contributed by atoms with van der Waals surface area (Å²) in [5, 5.41) is 18.2. The van der Waals surface area contributed by atoms with Gasteiger partial charge in [0, 0.05) is 38.9 Å². The van der Waals surface area contributed by atoms with E-state index in [4.69, 9.17) is 14.9 Å². The van der Waals surface area contributed by atoms with Gasteiger partial charge in [-0.3, -0.25) is 24.9 Å². The van der Waals surface area contributed by atoms with Crippen LogP contribution in [-0.4, -0.2) is 99.2 Å².